The summed E-state index contributed by atoms with van der Waals surface area (Å²) in [5.74, 6) is 5.67. The maximum atomic E-state index is 12.5. The van der Waals surface area contributed by atoms with Gasteiger partial charge in [-0.15, -0.1) is 9.32 Å². The van der Waals surface area contributed by atoms with E-state index in [4.69, 9.17) is 19.7 Å². The van der Waals surface area contributed by atoms with Crippen LogP contribution in [0.4, 0.5) is 0 Å². The number of hydrogen-bond acceptors (Lipinski definition) is 11. The van der Waals surface area contributed by atoms with E-state index in [9.17, 15) is 9.59 Å². The molecule has 1 aromatic carbocycles. The number of nitrogens with two attached hydrogens (primary N) is 1. The first kappa shape index (κ1) is 35.6. The summed E-state index contributed by atoms with van der Waals surface area (Å²) >= 11 is 1.02. The third kappa shape index (κ3) is 12.7. The molecule has 0 aliphatic rings. The van der Waals surface area contributed by atoms with Gasteiger partial charge < -0.3 is 18.6 Å². The molecule has 3 rings (SSSR count). The van der Waals surface area contributed by atoms with E-state index >= 15 is 0 Å². The second kappa shape index (κ2) is 16.3. The average molecular weight is 775 g/mol. The summed E-state index contributed by atoms with van der Waals surface area (Å²) in [7, 11) is 0. The third-order valence-electron chi connectivity index (χ3n) is 5.58. The molecular formula is C28H40N6O6ReS. The van der Waals surface area contributed by atoms with Gasteiger partial charge in [-0.25, -0.2) is 9.97 Å². The maximum Gasteiger partial charge on any atom is 0.326 e. The Hall–Kier alpha value is -2.57. The summed E-state index contributed by atoms with van der Waals surface area (Å²) in [6, 6.07) is 7.86. The van der Waals surface area contributed by atoms with Gasteiger partial charge in [0.25, 0.3) is 0 Å². The van der Waals surface area contributed by atoms with Crippen molar-refractivity contribution in [2.45, 2.75) is 90.2 Å². The first-order valence-corrected chi connectivity index (χ1v) is 14.0. The normalized spacial score (nSPS) is 11.8. The van der Waals surface area contributed by atoms with Crippen LogP contribution in [0, 0.1) is 0 Å². The Labute approximate surface area is 265 Å². The molecule has 1 radical (unpaired) electrons. The summed E-state index contributed by atoms with van der Waals surface area (Å²) in [5, 5.41) is 0. The molecule has 42 heavy (non-hydrogen) atoms. The minimum absolute atomic E-state index is 0. The number of hydrogen-bond donors (Lipinski definition) is 1. The molecule has 0 atom stereocenters. The van der Waals surface area contributed by atoms with Gasteiger partial charge in [0.05, 0.1) is 25.1 Å². The van der Waals surface area contributed by atoms with Crippen LogP contribution in [0.2, 0.25) is 0 Å². The quantitative estimate of drug-likeness (QED) is 0.111. The first-order valence-electron chi connectivity index (χ1n) is 13.3. The molecule has 2 heterocycles. The van der Waals surface area contributed by atoms with E-state index in [1.165, 1.54) is 0 Å². The number of ether oxygens (including phenoxy) is 2. The molecule has 14 heteroatoms. The molecule has 0 spiro atoms. The third-order valence-corrected chi connectivity index (χ3v) is 6.19. The van der Waals surface area contributed by atoms with Gasteiger partial charge in [-0.3, -0.25) is 14.5 Å². The van der Waals surface area contributed by atoms with Gasteiger partial charge in [0.2, 0.25) is 0 Å². The molecule has 0 amide bonds. The van der Waals surface area contributed by atoms with Crippen molar-refractivity contribution in [2.75, 3.05) is 6.54 Å². The SMILES string of the molecule is CC(C)(C)OC(=O)Cn1ccnc1CN(CCc1ccc(SOON)cc1)Cc1nccn1CC(=O)OC(C)(C)C.[Re]. The summed E-state index contributed by atoms with van der Waals surface area (Å²) in [4.78, 5) is 41.2. The van der Waals surface area contributed by atoms with E-state index in [1.54, 1.807) is 33.9 Å². The van der Waals surface area contributed by atoms with Gasteiger partial charge in [0, 0.05) is 56.7 Å². The van der Waals surface area contributed by atoms with Crippen molar-refractivity contribution in [1.29, 1.82) is 0 Å². The molecule has 0 unspecified atom stereocenters. The number of aromatic nitrogens is 4. The van der Waals surface area contributed by atoms with Crippen LogP contribution < -0.4 is 5.90 Å². The fraction of sp³-hybridized carbons (Fsp3) is 0.500. The Kier molecular flexibility index (Phi) is 13.8. The Morgan fingerprint density at radius 3 is 1.76 bits per heavy atom. The number of imidazole rings is 2. The molecule has 0 fully saturated rings. The van der Waals surface area contributed by atoms with Gasteiger partial charge in [0.1, 0.15) is 35.9 Å². The Bertz CT molecular complexity index is 1200. The number of carbonyl (C=O) groups is 2. The first-order chi connectivity index (χ1) is 19.3. The number of nitrogens with zero attached hydrogens (tertiary/aromatic N) is 5. The van der Waals surface area contributed by atoms with E-state index in [0.717, 1.165) is 28.9 Å². The molecule has 0 bridgehead atoms. The predicted octanol–water partition coefficient (Wildman–Crippen LogP) is 3.83. The minimum atomic E-state index is -0.577. The summed E-state index contributed by atoms with van der Waals surface area (Å²) in [6.45, 7) is 12.7. The van der Waals surface area contributed by atoms with Crippen LogP contribution in [0.3, 0.4) is 0 Å². The zero-order valence-corrected chi connectivity index (χ0v) is 28.4. The minimum Gasteiger partial charge on any atom is -0.459 e. The monoisotopic (exact) mass is 775 g/mol. The molecular weight excluding hydrogens is 735 g/mol. The second-order valence-electron chi connectivity index (χ2n) is 11.5. The van der Waals surface area contributed by atoms with Crippen molar-refractivity contribution in [3.05, 3.63) is 66.3 Å². The average Bonchev–Trinajstić information content (AvgIpc) is 3.48. The molecule has 0 saturated carbocycles. The van der Waals surface area contributed by atoms with Crippen molar-refractivity contribution < 1.29 is 48.8 Å². The summed E-state index contributed by atoms with van der Waals surface area (Å²) in [5.41, 5.74) is -0.0404. The molecule has 2 N–H and O–H groups in total. The zero-order chi connectivity index (χ0) is 30.0. The zero-order valence-electron chi connectivity index (χ0n) is 24.9. The Balaban J connectivity index is 0.00000616. The molecule has 2 aromatic heterocycles. The molecule has 0 aliphatic carbocycles. The molecule has 0 aliphatic heterocycles. The van der Waals surface area contributed by atoms with Crippen LogP contribution in [0.25, 0.3) is 0 Å². The topological polar surface area (TPSA) is 136 Å². The summed E-state index contributed by atoms with van der Waals surface area (Å²) in [6.07, 6.45) is 7.61. The van der Waals surface area contributed by atoms with Gasteiger partial charge in [0.15, 0.2) is 0 Å². The van der Waals surface area contributed by atoms with E-state index in [1.807, 2.05) is 65.8 Å². The number of benzene rings is 1. The fourth-order valence-electron chi connectivity index (χ4n) is 3.97. The van der Waals surface area contributed by atoms with Crippen LogP contribution in [0.5, 0.6) is 0 Å². The second-order valence-corrected chi connectivity index (χ2v) is 12.2. The van der Waals surface area contributed by atoms with Crippen molar-refractivity contribution in [3.63, 3.8) is 0 Å². The van der Waals surface area contributed by atoms with Crippen LogP contribution in [0.15, 0.2) is 53.9 Å². The Morgan fingerprint density at radius 2 is 1.33 bits per heavy atom. The fourth-order valence-corrected chi connectivity index (χ4v) is 4.33. The van der Waals surface area contributed by atoms with Crippen molar-refractivity contribution in [1.82, 2.24) is 24.0 Å². The van der Waals surface area contributed by atoms with Gasteiger partial charge in [-0.2, -0.15) is 5.90 Å². The van der Waals surface area contributed by atoms with E-state index in [-0.39, 0.29) is 45.5 Å². The van der Waals surface area contributed by atoms with E-state index < -0.39 is 11.2 Å². The van der Waals surface area contributed by atoms with Gasteiger partial charge >= 0.3 is 11.9 Å². The van der Waals surface area contributed by atoms with Crippen LogP contribution in [0.1, 0.15) is 58.8 Å². The largest absolute Gasteiger partial charge is 0.459 e. The standard InChI is InChI=1S/C28H40N6O6S.Re/c1-27(2,3)37-25(35)19-33-15-12-30-23(33)17-32(14-11-21-7-9-22(10-8-21)41-40-39-29)18-24-31-13-16-34(24)20-26(36)38-28(4,5)6;/h7-10,12-13,15-16H,11,14,17-20,29H2,1-6H3;. The van der Waals surface area contributed by atoms with Crippen molar-refractivity contribution >= 4 is 24.0 Å². The van der Waals surface area contributed by atoms with Crippen LogP contribution in [-0.2, 0) is 81.4 Å². The van der Waals surface area contributed by atoms with Gasteiger partial charge in [-0.05, 0) is 65.7 Å². The van der Waals surface area contributed by atoms with Crippen LogP contribution in [-0.4, -0.2) is 53.7 Å². The number of rotatable bonds is 14. The summed E-state index contributed by atoms with van der Waals surface area (Å²) < 4.78 is 19.3. The van der Waals surface area contributed by atoms with Crippen molar-refractivity contribution in [2.24, 2.45) is 5.90 Å². The van der Waals surface area contributed by atoms with E-state index in [0.29, 0.717) is 31.3 Å². The maximum absolute atomic E-state index is 12.5. The molecule has 231 valence electrons. The number of carbonyl (C=O) groups excluding carboxylic acids is 2. The smallest absolute Gasteiger partial charge is 0.326 e. The number of esters is 2. The van der Waals surface area contributed by atoms with Gasteiger partial charge in [-0.1, -0.05) is 12.1 Å². The van der Waals surface area contributed by atoms with Crippen LogP contribution >= 0.6 is 12.0 Å². The molecule has 3 aromatic rings. The molecule has 12 nitrogen and oxygen atoms in total. The molecule has 0 saturated heterocycles. The Morgan fingerprint density at radius 1 is 0.857 bits per heavy atom. The predicted molar refractivity (Wildman–Crippen MR) is 153 cm³/mol. The van der Waals surface area contributed by atoms with E-state index in [2.05, 4.69) is 19.9 Å². The van der Waals surface area contributed by atoms with Crippen molar-refractivity contribution in [3.8, 4) is 0 Å².